The van der Waals surface area contributed by atoms with Gasteiger partial charge in [0.25, 0.3) is 0 Å². The molecule has 1 aromatic rings. The van der Waals surface area contributed by atoms with Gasteiger partial charge in [-0.1, -0.05) is 12.1 Å². The first kappa shape index (κ1) is 18.1. The lowest BCUT2D eigenvalue weighted by Crippen LogP contribution is -2.53. The number of carboxylic acid groups (broad SMARTS) is 1. The maximum absolute atomic E-state index is 12.4. The number of ether oxygens (including phenoxy) is 2. The molecule has 2 atom stereocenters. The Balaban J connectivity index is 2.31. The number of nitrogens with zero attached hydrogens (tertiary/aromatic N) is 1. The summed E-state index contributed by atoms with van der Waals surface area (Å²) in [5, 5.41) is 9.73. The van der Waals surface area contributed by atoms with E-state index in [9.17, 15) is 14.7 Å². The van der Waals surface area contributed by atoms with Crippen LogP contribution in [0.2, 0.25) is 0 Å². The van der Waals surface area contributed by atoms with Crippen LogP contribution in [0.15, 0.2) is 24.3 Å². The predicted molar refractivity (Wildman–Crippen MR) is 89.3 cm³/mol. The molecular formula is C18H25NO5. The lowest BCUT2D eigenvalue weighted by atomic mass is 9.83. The molecule has 1 aliphatic rings. The smallest absolute Gasteiger partial charge is 0.411 e. The molecule has 1 N–H and O–H groups in total. The summed E-state index contributed by atoms with van der Waals surface area (Å²) < 4.78 is 10.6. The molecule has 1 aromatic carbocycles. The van der Waals surface area contributed by atoms with Gasteiger partial charge in [-0.15, -0.1) is 0 Å². The highest BCUT2D eigenvalue weighted by atomic mass is 16.6. The normalized spacial score (nSPS) is 21.2. The summed E-state index contributed by atoms with van der Waals surface area (Å²) in [7, 11) is 1.57. The summed E-state index contributed by atoms with van der Waals surface area (Å²) in [5.41, 5.74) is 0.193. The number of carboxylic acids is 1. The number of aliphatic carboxylic acids is 1. The fourth-order valence-electron chi connectivity index (χ4n) is 3.05. The maximum atomic E-state index is 12.4. The van der Waals surface area contributed by atoms with Crippen LogP contribution in [-0.2, 0) is 9.53 Å². The van der Waals surface area contributed by atoms with Crippen LogP contribution in [0.3, 0.4) is 0 Å². The minimum absolute atomic E-state index is 0.293. The Morgan fingerprint density at radius 2 is 2.00 bits per heavy atom. The van der Waals surface area contributed by atoms with Crippen molar-refractivity contribution in [2.75, 3.05) is 13.7 Å². The average Bonchev–Trinajstić information content (AvgIpc) is 2.52. The van der Waals surface area contributed by atoms with Gasteiger partial charge in [0.05, 0.1) is 7.11 Å². The third-order valence-corrected chi connectivity index (χ3v) is 4.03. The number of hydrogen-bond donors (Lipinski definition) is 1. The van der Waals surface area contributed by atoms with Gasteiger partial charge in [0, 0.05) is 12.5 Å². The topological polar surface area (TPSA) is 76.1 Å². The summed E-state index contributed by atoms with van der Waals surface area (Å²) in [5.74, 6) is -0.640. The van der Waals surface area contributed by atoms with E-state index in [1.54, 1.807) is 27.9 Å². The molecule has 0 spiro atoms. The molecule has 0 bridgehead atoms. The fraction of sp³-hybridized carbons (Fsp3) is 0.556. The summed E-state index contributed by atoms with van der Waals surface area (Å²) in [6.07, 6.45) is 0.844. The monoisotopic (exact) mass is 335 g/mol. The number of amides is 1. The van der Waals surface area contributed by atoms with E-state index in [1.165, 1.54) is 4.90 Å². The van der Waals surface area contributed by atoms with Crippen LogP contribution in [0.25, 0.3) is 0 Å². The van der Waals surface area contributed by atoms with Gasteiger partial charge in [-0.25, -0.2) is 9.59 Å². The van der Waals surface area contributed by atoms with Crippen molar-refractivity contribution in [3.8, 4) is 5.75 Å². The average molecular weight is 335 g/mol. The van der Waals surface area contributed by atoms with Gasteiger partial charge in [0.15, 0.2) is 0 Å². The lowest BCUT2D eigenvalue weighted by Gasteiger charge is -2.39. The SMILES string of the molecule is COc1cccc(C2CCCN(C(=O)OC(C)(C)C)C2C(=O)O)c1. The van der Waals surface area contributed by atoms with E-state index in [0.717, 1.165) is 12.0 Å². The summed E-state index contributed by atoms with van der Waals surface area (Å²) in [4.78, 5) is 25.7. The van der Waals surface area contributed by atoms with Crippen molar-refractivity contribution in [2.45, 2.75) is 51.2 Å². The van der Waals surface area contributed by atoms with Gasteiger partial charge in [-0.2, -0.15) is 0 Å². The Hall–Kier alpha value is -2.24. The van der Waals surface area contributed by atoms with Crippen molar-refractivity contribution in [1.29, 1.82) is 0 Å². The Morgan fingerprint density at radius 3 is 2.58 bits per heavy atom. The Kier molecular flexibility index (Phi) is 5.36. The van der Waals surface area contributed by atoms with Gasteiger partial charge < -0.3 is 14.6 Å². The Labute approximate surface area is 142 Å². The van der Waals surface area contributed by atoms with Crippen molar-refractivity contribution < 1.29 is 24.2 Å². The molecule has 0 aromatic heterocycles. The van der Waals surface area contributed by atoms with E-state index in [2.05, 4.69) is 0 Å². The van der Waals surface area contributed by atoms with E-state index in [-0.39, 0.29) is 5.92 Å². The lowest BCUT2D eigenvalue weighted by molar-refractivity contribution is -0.145. The zero-order valence-electron chi connectivity index (χ0n) is 14.6. The third kappa shape index (κ3) is 4.19. The molecule has 24 heavy (non-hydrogen) atoms. The van der Waals surface area contributed by atoms with Gasteiger partial charge in [-0.3, -0.25) is 4.90 Å². The summed E-state index contributed by atoms with van der Waals surface area (Å²) in [6.45, 7) is 5.69. The first-order chi connectivity index (χ1) is 11.2. The van der Waals surface area contributed by atoms with Crippen molar-refractivity contribution in [3.05, 3.63) is 29.8 Å². The van der Waals surface area contributed by atoms with E-state index in [4.69, 9.17) is 9.47 Å². The molecule has 1 saturated heterocycles. The van der Waals surface area contributed by atoms with Crippen LogP contribution < -0.4 is 4.74 Å². The van der Waals surface area contributed by atoms with E-state index >= 15 is 0 Å². The zero-order chi connectivity index (χ0) is 17.9. The first-order valence-corrected chi connectivity index (χ1v) is 8.09. The predicted octanol–water partition coefficient (Wildman–Crippen LogP) is 3.26. The van der Waals surface area contributed by atoms with Gasteiger partial charge in [-0.05, 0) is 51.3 Å². The van der Waals surface area contributed by atoms with Gasteiger partial charge in [0.2, 0.25) is 0 Å². The highest BCUT2D eigenvalue weighted by Crippen LogP contribution is 2.35. The van der Waals surface area contributed by atoms with Gasteiger partial charge >= 0.3 is 12.1 Å². The van der Waals surface area contributed by atoms with E-state index in [1.807, 2.05) is 24.3 Å². The van der Waals surface area contributed by atoms with Crippen LogP contribution in [0.1, 0.15) is 45.1 Å². The Bertz CT molecular complexity index is 608. The Morgan fingerprint density at radius 1 is 1.29 bits per heavy atom. The molecular weight excluding hydrogens is 310 g/mol. The van der Waals surface area contributed by atoms with Crippen LogP contribution in [0.5, 0.6) is 5.75 Å². The number of hydrogen-bond acceptors (Lipinski definition) is 4. The summed E-state index contributed by atoms with van der Waals surface area (Å²) in [6, 6.07) is 6.41. The van der Waals surface area contributed by atoms with Crippen LogP contribution in [-0.4, -0.2) is 47.4 Å². The molecule has 0 saturated carbocycles. The number of carbonyl (C=O) groups excluding carboxylic acids is 1. The van der Waals surface area contributed by atoms with Crippen LogP contribution in [0.4, 0.5) is 4.79 Å². The molecule has 1 heterocycles. The highest BCUT2D eigenvalue weighted by molar-refractivity contribution is 5.81. The number of carbonyl (C=O) groups is 2. The second-order valence-electron chi connectivity index (χ2n) is 6.98. The van der Waals surface area contributed by atoms with Crippen LogP contribution >= 0.6 is 0 Å². The van der Waals surface area contributed by atoms with Crippen molar-refractivity contribution in [1.82, 2.24) is 4.90 Å². The van der Waals surface area contributed by atoms with Crippen molar-refractivity contribution in [2.24, 2.45) is 0 Å². The number of methoxy groups -OCH3 is 1. The molecule has 1 aliphatic heterocycles. The van der Waals surface area contributed by atoms with Crippen LogP contribution in [0, 0.1) is 0 Å². The molecule has 0 aliphatic carbocycles. The molecule has 2 unspecified atom stereocenters. The number of likely N-dealkylation sites (tertiary alicyclic amines) is 1. The zero-order valence-corrected chi connectivity index (χ0v) is 14.6. The minimum Gasteiger partial charge on any atom is -0.497 e. The minimum atomic E-state index is -1.02. The second-order valence-corrected chi connectivity index (χ2v) is 6.98. The largest absolute Gasteiger partial charge is 0.497 e. The molecule has 1 fully saturated rings. The standard InChI is InChI=1S/C18H25NO5/c1-18(2,3)24-17(22)19-10-6-9-14(15(19)16(20)21)12-7-5-8-13(11-12)23-4/h5,7-8,11,14-15H,6,9-10H2,1-4H3,(H,20,21). The van der Waals surface area contributed by atoms with Gasteiger partial charge in [0.1, 0.15) is 17.4 Å². The number of piperidine rings is 1. The quantitative estimate of drug-likeness (QED) is 0.917. The molecule has 6 heteroatoms. The second kappa shape index (κ2) is 7.11. The molecule has 132 valence electrons. The molecule has 6 nitrogen and oxygen atoms in total. The van der Waals surface area contributed by atoms with Crippen molar-refractivity contribution in [3.63, 3.8) is 0 Å². The fourth-order valence-corrected chi connectivity index (χ4v) is 3.05. The van der Waals surface area contributed by atoms with E-state index < -0.39 is 23.7 Å². The first-order valence-electron chi connectivity index (χ1n) is 8.09. The maximum Gasteiger partial charge on any atom is 0.411 e. The van der Waals surface area contributed by atoms with Crippen molar-refractivity contribution >= 4 is 12.1 Å². The molecule has 0 radical (unpaired) electrons. The number of benzene rings is 1. The van der Waals surface area contributed by atoms with E-state index in [0.29, 0.717) is 18.7 Å². The number of rotatable bonds is 3. The highest BCUT2D eigenvalue weighted by Gasteiger charge is 2.41. The third-order valence-electron chi connectivity index (χ3n) is 4.03. The summed E-state index contributed by atoms with van der Waals surface area (Å²) >= 11 is 0. The molecule has 1 amide bonds. The molecule has 2 rings (SSSR count).